The van der Waals surface area contributed by atoms with E-state index in [0.29, 0.717) is 13.1 Å². The van der Waals surface area contributed by atoms with Crippen LogP contribution in [0.25, 0.3) is 0 Å². The quantitative estimate of drug-likeness (QED) is 0.770. The van der Waals surface area contributed by atoms with Crippen molar-refractivity contribution in [3.05, 3.63) is 24.3 Å². The molecule has 1 aromatic rings. The largest absolute Gasteiger partial charge is 0.317 e. The third-order valence-electron chi connectivity index (χ3n) is 5.01. The van der Waals surface area contributed by atoms with Crippen LogP contribution in [0.5, 0.6) is 0 Å². The minimum atomic E-state index is -3.72. The Balaban J connectivity index is 0.00000243. The smallest absolute Gasteiger partial charge is 0.243 e. The van der Waals surface area contributed by atoms with Gasteiger partial charge >= 0.3 is 0 Å². The lowest BCUT2D eigenvalue weighted by Crippen LogP contribution is -2.43. The summed E-state index contributed by atoms with van der Waals surface area (Å²) in [4.78, 5) is 0.0861. The summed E-state index contributed by atoms with van der Waals surface area (Å²) >= 11 is 0. The van der Waals surface area contributed by atoms with Gasteiger partial charge in [-0.05, 0) is 57.0 Å². The first-order valence-corrected chi connectivity index (χ1v) is 11.5. The lowest BCUT2D eigenvalue weighted by molar-refractivity contribution is 0.296. The van der Waals surface area contributed by atoms with Crippen LogP contribution >= 0.6 is 12.4 Å². The fourth-order valence-corrected chi connectivity index (χ4v) is 6.51. The molecule has 0 spiro atoms. The van der Waals surface area contributed by atoms with Crippen molar-refractivity contribution >= 4 is 32.5 Å². The van der Waals surface area contributed by atoms with Crippen molar-refractivity contribution in [3.63, 3.8) is 0 Å². The van der Waals surface area contributed by atoms with Gasteiger partial charge in [0.15, 0.2) is 0 Å². The van der Waals surface area contributed by atoms with Crippen LogP contribution in [0, 0.1) is 0 Å². The summed E-state index contributed by atoms with van der Waals surface area (Å²) in [7, 11) is -5.78. The fraction of sp³-hybridized carbons (Fsp3) is 0.625. The average Bonchev–Trinajstić information content (AvgIpc) is 3.17. The molecule has 0 bridgehead atoms. The van der Waals surface area contributed by atoms with Crippen molar-refractivity contribution in [2.75, 3.05) is 33.2 Å². The lowest BCUT2D eigenvalue weighted by atomic mass is 10.1. The van der Waals surface area contributed by atoms with Gasteiger partial charge in [-0.15, -0.1) is 12.4 Å². The van der Waals surface area contributed by atoms with Gasteiger partial charge in [-0.3, -0.25) is 0 Å². The van der Waals surface area contributed by atoms with Crippen molar-refractivity contribution < 1.29 is 16.8 Å². The number of halogens is 1. The molecule has 0 aliphatic carbocycles. The molecule has 26 heavy (non-hydrogen) atoms. The van der Waals surface area contributed by atoms with E-state index < -0.39 is 20.0 Å². The average molecular weight is 424 g/mol. The monoisotopic (exact) mass is 423 g/mol. The summed E-state index contributed by atoms with van der Waals surface area (Å²) < 4.78 is 54.1. The minimum Gasteiger partial charge on any atom is -0.317 e. The standard InChI is InChI=1S/C16H25N3O4S2.ClH/c1-18(14-7-9-17-10-8-14)24(20,21)15-5-4-6-16(13-15)25(22,23)19-11-2-3-12-19;/h4-6,13-14,17H,2-3,7-12H2,1H3;1H. The molecule has 1 N–H and O–H groups in total. The Morgan fingerprint density at radius 3 is 2.23 bits per heavy atom. The first-order valence-electron chi connectivity index (χ1n) is 8.62. The molecule has 1 aromatic carbocycles. The Hall–Kier alpha value is -0.710. The summed E-state index contributed by atoms with van der Waals surface area (Å²) in [5, 5.41) is 3.21. The maximum absolute atomic E-state index is 12.9. The molecule has 148 valence electrons. The highest BCUT2D eigenvalue weighted by atomic mass is 35.5. The van der Waals surface area contributed by atoms with Crippen LogP contribution < -0.4 is 5.32 Å². The molecule has 7 nitrogen and oxygen atoms in total. The Bertz CT molecular complexity index is 818. The predicted molar refractivity (Wildman–Crippen MR) is 103 cm³/mol. The van der Waals surface area contributed by atoms with Crippen LogP contribution in [0.1, 0.15) is 25.7 Å². The Kier molecular flexibility index (Phi) is 7.09. The number of sulfonamides is 2. The zero-order chi connectivity index (χ0) is 18.1. The highest BCUT2D eigenvalue weighted by Gasteiger charge is 2.31. The van der Waals surface area contributed by atoms with Crippen LogP contribution in [0.4, 0.5) is 0 Å². The maximum Gasteiger partial charge on any atom is 0.243 e. The summed E-state index contributed by atoms with van der Waals surface area (Å²) in [6.45, 7) is 2.56. The molecule has 2 heterocycles. The molecule has 0 atom stereocenters. The minimum absolute atomic E-state index is 0. The third kappa shape index (κ3) is 4.23. The number of nitrogens with zero attached hydrogens (tertiary/aromatic N) is 2. The topological polar surface area (TPSA) is 86.8 Å². The third-order valence-corrected chi connectivity index (χ3v) is 8.81. The number of piperidine rings is 1. The number of hydrogen-bond acceptors (Lipinski definition) is 5. The summed E-state index contributed by atoms with van der Waals surface area (Å²) in [6, 6.07) is 5.67. The Morgan fingerprint density at radius 1 is 1.04 bits per heavy atom. The number of benzene rings is 1. The van der Waals surface area contributed by atoms with Crippen molar-refractivity contribution in [2.24, 2.45) is 0 Å². The molecule has 0 unspecified atom stereocenters. The Labute approximate surface area is 162 Å². The van der Waals surface area contributed by atoms with Crippen LogP contribution in [-0.2, 0) is 20.0 Å². The maximum atomic E-state index is 12.9. The van der Waals surface area contributed by atoms with Gasteiger partial charge in [0.25, 0.3) is 0 Å². The van der Waals surface area contributed by atoms with Gasteiger partial charge in [0.2, 0.25) is 20.0 Å². The number of nitrogens with one attached hydrogen (secondary N) is 1. The first-order chi connectivity index (χ1) is 11.8. The van der Waals surface area contributed by atoms with Gasteiger partial charge in [-0.25, -0.2) is 16.8 Å². The van der Waals surface area contributed by atoms with E-state index in [1.807, 2.05) is 0 Å². The van der Waals surface area contributed by atoms with Gasteiger partial charge < -0.3 is 5.32 Å². The lowest BCUT2D eigenvalue weighted by Gasteiger charge is -2.31. The fourth-order valence-electron chi connectivity index (χ4n) is 3.41. The van der Waals surface area contributed by atoms with Gasteiger partial charge in [0, 0.05) is 26.2 Å². The molecular formula is C16H26ClN3O4S2. The molecular weight excluding hydrogens is 398 g/mol. The molecule has 2 saturated heterocycles. The molecule has 10 heteroatoms. The van der Waals surface area contributed by atoms with E-state index in [2.05, 4.69) is 5.32 Å². The van der Waals surface area contributed by atoms with Crippen LogP contribution in [0.2, 0.25) is 0 Å². The highest BCUT2D eigenvalue weighted by molar-refractivity contribution is 7.90. The van der Waals surface area contributed by atoms with Crippen molar-refractivity contribution in [1.29, 1.82) is 0 Å². The molecule has 0 radical (unpaired) electrons. The number of hydrogen-bond donors (Lipinski definition) is 1. The predicted octanol–water partition coefficient (Wildman–Crippen LogP) is 1.27. The van der Waals surface area contributed by atoms with Crippen molar-refractivity contribution in [2.45, 2.75) is 41.5 Å². The van der Waals surface area contributed by atoms with E-state index >= 15 is 0 Å². The van der Waals surface area contributed by atoms with Crippen molar-refractivity contribution in [1.82, 2.24) is 13.9 Å². The normalized spacial score (nSPS) is 20.2. The zero-order valence-electron chi connectivity index (χ0n) is 14.8. The van der Waals surface area contributed by atoms with E-state index in [1.54, 1.807) is 7.05 Å². The molecule has 2 aliphatic heterocycles. The van der Waals surface area contributed by atoms with Gasteiger partial charge in [0.1, 0.15) is 0 Å². The highest BCUT2D eigenvalue weighted by Crippen LogP contribution is 2.26. The van der Waals surface area contributed by atoms with E-state index in [-0.39, 0.29) is 28.2 Å². The molecule has 2 aliphatic rings. The van der Waals surface area contributed by atoms with Crippen LogP contribution in [-0.4, -0.2) is 64.7 Å². The summed E-state index contributed by atoms with van der Waals surface area (Å²) in [5.74, 6) is 0. The van der Waals surface area contributed by atoms with Crippen molar-refractivity contribution in [3.8, 4) is 0 Å². The summed E-state index contributed by atoms with van der Waals surface area (Å²) in [6.07, 6.45) is 3.19. The molecule has 0 saturated carbocycles. The van der Waals surface area contributed by atoms with E-state index in [0.717, 1.165) is 38.8 Å². The molecule has 3 rings (SSSR count). The van der Waals surface area contributed by atoms with Crippen LogP contribution in [0.3, 0.4) is 0 Å². The SMILES string of the molecule is CN(C1CCNCC1)S(=O)(=O)c1cccc(S(=O)(=O)N2CCCC2)c1.Cl. The van der Waals surface area contributed by atoms with Gasteiger partial charge in [0.05, 0.1) is 9.79 Å². The molecule has 2 fully saturated rings. The first kappa shape index (κ1) is 21.6. The van der Waals surface area contributed by atoms with Crippen LogP contribution in [0.15, 0.2) is 34.1 Å². The van der Waals surface area contributed by atoms with E-state index in [9.17, 15) is 16.8 Å². The second kappa shape index (κ2) is 8.53. The van der Waals surface area contributed by atoms with E-state index in [1.165, 1.54) is 32.9 Å². The molecule has 0 aromatic heterocycles. The van der Waals surface area contributed by atoms with Gasteiger partial charge in [-0.1, -0.05) is 6.07 Å². The second-order valence-corrected chi connectivity index (χ2v) is 10.5. The number of rotatable bonds is 5. The zero-order valence-corrected chi connectivity index (χ0v) is 17.2. The molecule has 0 amide bonds. The Morgan fingerprint density at radius 2 is 1.62 bits per heavy atom. The summed E-state index contributed by atoms with van der Waals surface area (Å²) in [5.41, 5.74) is 0. The van der Waals surface area contributed by atoms with E-state index in [4.69, 9.17) is 0 Å². The second-order valence-electron chi connectivity index (χ2n) is 6.59. The van der Waals surface area contributed by atoms with Gasteiger partial charge in [-0.2, -0.15) is 8.61 Å².